The fraction of sp³-hybridized carbons (Fsp3) is 0. The van der Waals surface area contributed by atoms with E-state index < -0.39 is 0 Å². The second-order valence-electron chi connectivity index (χ2n) is 5.36. The van der Waals surface area contributed by atoms with Gasteiger partial charge in [-0.3, -0.25) is 9.78 Å². The highest BCUT2D eigenvalue weighted by Gasteiger charge is 2.09. The van der Waals surface area contributed by atoms with E-state index in [-0.39, 0.29) is 5.91 Å². The lowest BCUT2D eigenvalue weighted by Crippen LogP contribution is -2.12. The smallest absolute Gasteiger partial charge is 0.257 e. The number of aromatic nitrogens is 1. The van der Waals surface area contributed by atoms with Crippen LogP contribution in [0, 0.1) is 11.3 Å². The van der Waals surface area contributed by atoms with Crippen LogP contribution in [0.15, 0.2) is 60.9 Å². The maximum Gasteiger partial charge on any atom is 0.257 e. The van der Waals surface area contributed by atoms with Crippen molar-refractivity contribution < 1.29 is 4.79 Å². The normalized spacial score (nSPS) is 10.0. The molecule has 0 radical (unpaired) electrons. The molecule has 0 atom stereocenters. The molecule has 1 amide bonds. The van der Waals surface area contributed by atoms with Crippen LogP contribution in [0.4, 0.5) is 17.1 Å². The van der Waals surface area contributed by atoms with Crippen LogP contribution < -0.4 is 10.6 Å². The van der Waals surface area contributed by atoms with E-state index in [4.69, 9.17) is 28.5 Å². The van der Waals surface area contributed by atoms with Crippen molar-refractivity contribution in [2.75, 3.05) is 10.6 Å². The minimum atomic E-state index is -0.339. The number of halogens is 2. The number of amides is 1. The molecule has 3 rings (SSSR count). The van der Waals surface area contributed by atoms with Gasteiger partial charge in [-0.05, 0) is 42.5 Å². The van der Waals surface area contributed by atoms with E-state index in [0.29, 0.717) is 38.2 Å². The Morgan fingerprint density at radius 1 is 1.04 bits per heavy atom. The van der Waals surface area contributed by atoms with E-state index >= 15 is 0 Å². The first-order valence-corrected chi connectivity index (χ1v) is 8.29. The third-order valence-corrected chi connectivity index (χ3v) is 4.02. The Balaban J connectivity index is 1.79. The van der Waals surface area contributed by atoms with Crippen LogP contribution in [0.5, 0.6) is 0 Å². The molecule has 2 aromatic carbocycles. The summed E-state index contributed by atoms with van der Waals surface area (Å²) in [6.07, 6.45) is 3.03. The Labute approximate surface area is 160 Å². The lowest BCUT2D eigenvalue weighted by Gasteiger charge is -2.10. The fourth-order valence-electron chi connectivity index (χ4n) is 2.25. The molecule has 0 aliphatic rings. The topological polar surface area (TPSA) is 77.8 Å². The molecule has 0 saturated heterocycles. The number of carbonyl (C=O) groups excluding carboxylic acids is 1. The SMILES string of the molecule is N#Cc1cccc(NC(=O)c2cncc(Nc3cc(Cl)ccc3Cl)c2)c1. The van der Waals surface area contributed by atoms with Crippen LogP contribution >= 0.6 is 23.2 Å². The fourth-order valence-corrected chi connectivity index (χ4v) is 2.59. The van der Waals surface area contributed by atoms with E-state index in [2.05, 4.69) is 15.6 Å². The number of nitriles is 1. The Kier molecular flexibility index (Phi) is 5.37. The van der Waals surface area contributed by atoms with Gasteiger partial charge in [0.1, 0.15) is 0 Å². The molecular weight excluding hydrogens is 371 g/mol. The zero-order valence-electron chi connectivity index (χ0n) is 13.3. The van der Waals surface area contributed by atoms with E-state index in [0.717, 1.165) is 0 Å². The summed E-state index contributed by atoms with van der Waals surface area (Å²) in [5.74, 6) is -0.339. The molecule has 128 valence electrons. The van der Waals surface area contributed by atoms with Gasteiger partial charge in [-0.1, -0.05) is 29.3 Å². The number of carbonyl (C=O) groups is 1. The standard InChI is InChI=1S/C19H12Cl2N4O/c20-14-4-5-17(21)18(8-14)24-16-7-13(10-23-11-16)19(26)25-15-3-1-2-12(6-15)9-22/h1-8,10-11,24H,(H,25,26). The number of nitrogens with zero attached hydrogens (tertiary/aromatic N) is 2. The first-order valence-electron chi connectivity index (χ1n) is 7.54. The van der Waals surface area contributed by atoms with Crippen molar-refractivity contribution in [2.45, 2.75) is 0 Å². The molecule has 7 heteroatoms. The Bertz CT molecular complexity index is 1010. The third-order valence-electron chi connectivity index (χ3n) is 3.46. The third kappa shape index (κ3) is 4.31. The first kappa shape index (κ1) is 17.7. The van der Waals surface area contributed by atoms with Gasteiger partial charge in [0, 0.05) is 16.9 Å². The van der Waals surface area contributed by atoms with Crippen molar-refractivity contribution in [3.05, 3.63) is 82.1 Å². The lowest BCUT2D eigenvalue weighted by molar-refractivity contribution is 0.102. The molecule has 0 saturated carbocycles. The maximum absolute atomic E-state index is 12.4. The quantitative estimate of drug-likeness (QED) is 0.645. The summed E-state index contributed by atoms with van der Waals surface area (Å²) in [6, 6.07) is 15.4. The van der Waals surface area contributed by atoms with Gasteiger partial charge in [0.05, 0.1) is 39.8 Å². The Morgan fingerprint density at radius 3 is 2.69 bits per heavy atom. The average Bonchev–Trinajstić information content (AvgIpc) is 2.65. The summed E-state index contributed by atoms with van der Waals surface area (Å²) >= 11 is 12.1. The van der Waals surface area contributed by atoms with Gasteiger partial charge in [-0.2, -0.15) is 5.26 Å². The highest BCUT2D eigenvalue weighted by molar-refractivity contribution is 6.35. The van der Waals surface area contributed by atoms with Crippen LogP contribution in [-0.4, -0.2) is 10.9 Å². The van der Waals surface area contributed by atoms with E-state index in [1.165, 1.54) is 6.20 Å². The summed E-state index contributed by atoms with van der Waals surface area (Å²) in [5, 5.41) is 15.8. The molecule has 0 aliphatic heterocycles. The van der Waals surface area contributed by atoms with Crippen LogP contribution in [0.25, 0.3) is 0 Å². The number of hydrogen-bond acceptors (Lipinski definition) is 4. The van der Waals surface area contributed by atoms with Crippen molar-refractivity contribution in [1.82, 2.24) is 4.98 Å². The number of anilines is 3. The number of hydrogen-bond donors (Lipinski definition) is 2. The van der Waals surface area contributed by atoms with Gasteiger partial charge >= 0.3 is 0 Å². The highest BCUT2D eigenvalue weighted by atomic mass is 35.5. The van der Waals surface area contributed by atoms with Crippen molar-refractivity contribution in [3.63, 3.8) is 0 Å². The van der Waals surface area contributed by atoms with Crippen molar-refractivity contribution >= 4 is 46.2 Å². The first-order chi connectivity index (χ1) is 12.5. The van der Waals surface area contributed by atoms with Gasteiger partial charge in [-0.25, -0.2) is 0 Å². The van der Waals surface area contributed by atoms with Gasteiger partial charge in [-0.15, -0.1) is 0 Å². The zero-order valence-corrected chi connectivity index (χ0v) is 14.8. The number of rotatable bonds is 4. The van der Waals surface area contributed by atoms with Crippen LogP contribution in [0.2, 0.25) is 10.0 Å². The molecule has 1 heterocycles. The van der Waals surface area contributed by atoms with E-state index in [1.54, 1.807) is 54.7 Å². The maximum atomic E-state index is 12.4. The molecule has 0 fully saturated rings. The highest BCUT2D eigenvalue weighted by Crippen LogP contribution is 2.28. The predicted molar refractivity (Wildman–Crippen MR) is 103 cm³/mol. The molecule has 3 aromatic rings. The molecule has 0 spiro atoms. The molecule has 0 unspecified atom stereocenters. The zero-order chi connectivity index (χ0) is 18.5. The summed E-state index contributed by atoms with van der Waals surface area (Å²) in [7, 11) is 0. The molecule has 1 aromatic heterocycles. The monoisotopic (exact) mass is 382 g/mol. The molecule has 2 N–H and O–H groups in total. The van der Waals surface area contributed by atoms with Crippen LogP contribution in [-0.2, 0) is 0 Å². The van der Waals surface area contributed by atoms with Crippen LogP contribution in [0.1, 0.15) is 15.9 Å². The number of pyridine rings is 1. The predicted octanol–water partition coefficient (Wildman–Crippen LogP) is 5.26. The molecule has 0 aliphatic carbocycles. The summed E-state index contributed by atoms with van der Waals surface area (Å²) in [6.45, 7) is 0. The number of benzene rings is 2. The second kappa shape index (κ2) is 7.87. The number of nitrogens with one attached hydrogen (secondary N) is 2. The largest absolute Gasteiger partial charge is 0.353 e. The lowest BCUT2D eigenvalue weighted by atomic mass is 10.2. The van der Waals surface area contributed by atoms with Crippen LogP contribution in [0.3, 0.4) is 0 Å². The van der Waals surface area contributed by atoms with Crippen molar-refractivity contribution in [1.29, 1.82) is 5.26 Å². The average molecular weight is 383 g/mol. The van der Waals surface area contributed by atoms with E-state index in [9.17, 15) is 4.79 Å². The van der Waals surface area contributed by atoms with Gasteiger partial charge in [0.15, 0.2) is 0 Å². The molecule has 5 nitrogen and oxygen atoms in total. The summed E-state index contributed by atoms with van der Waals surface area (Å²) < 4.78 is 0. The van der Waals surface area contributed by atoms with Crippen molar-refractivity contribution in [2.24, 2.45) is 0 Å². The van der Waals surface area contributed by atoms with Crippen molar-refractivity contribution in [3.8, 4) is 6.07 Å². The molecule has 0 bridgehead atoms. The minimum Gasteiger partial charge on any atom is -0.353 e. The minimum absolute atomic E-state index is 0.339. The Hall–Kier alpha value is -3.07. The van der Waals surface area contributed by atoms with Gasteiger partial charge < -0.3 is 10.6 Å². The van der Waals surface area contributed by atoms with Gasteiger partial charge in [0.2, 0.25) is 0 Å². The summed E-state index contributed by atoms with van der Waals surface area (Å²) in [4.78, 5) is 16.5. The van der Waals surface area contributed by atoms with Gasteiger partial charge in [0.25, 0.3) is 5.91 Å². The molecular formula is C19H12Cl2N4O. The summed E-state index contributed by atoms with van der Waals surface area (Å²) in [5.41, 5.74) is 2.56. The Morgan fingerprint density at radius 2 is 1.88 bits per heavy atom. The van der Waals surface area contributed by atoms with E-state index in [1.807, 2.05) is 6.07 Å². The second-order valence-corrected chi connectivity index (χ2v) is 6.20. The molecule has 26 heavy (non-hydrogen) atoms.